The SMILES string of the molecule is COc1cc(Nc2nccc(Nc3cnc4c(Cl)cccc4c3)n2)ccc1OC1CCC(N(C)C)CC1. The zero-order valence-corrected chi connectivity index (χ0v) is 22.0. The summed E-state index contributed by atoms with van der Waals surface area (Å²) in [5.74, 6) is 2.52. The molecular weight excluding hydrogens is 488 g/mol. The number of rotatable bonds is 8. The first kappa shape index (κ1) is 25.0. The fourth-order valence-corrected chi connectivity index (χ4v) is 4.89. The molecule has 2 aromatic heterocycles. The van der Waals surface area contributed by atoms with Crippen molar-refractivity contribution in [3.05, 3.63) is 65.9 Å². The van der Waals surface area contributed by atoms with E-state index < -0.39 is 0 Å². The number of benzene rings is 2. The van der Waals surface area contributed by atoms with Crippen molar-refractivity contribution in [2.24, 2.45) is 0 Å². The van der Waals surface area contributed by atoms with E-state index in [1.165, 1.54) is 0 Å². The lowest BCUT2D eigenvalue weighted by Gasteiger charge is -2.33. The Balaban J connectivity index is 1.25. The van der Waals surface area contributed by atoms with Crippen molar-refractivity contribution in [1.29, 1.82) is 0 Å². The normalized spacial score (nSPS) is 17.5. The van der Waals surface area contributed by atoms with Gasteiger partial charge in [0.25, 0.3) is 0 Å². The second kappa shape index (κ2) is 11.2. The molecular formula is C28H31ClN6O2. The number of fused-ring (bicyclic) bond motifs is 1. The molecule has 1 fully saturated rings. The van der Waals surface area contributed by atoms with Gasteiger partial charge in [-0.1, -0.05) is 23.7 Å². The van der Waals surface area contributed by atoms with Gasteiger partial charge in [0, 0.05) is 29.4 Å². The highest BCUT2D eigenvalue weighted by Crippen LogP contribution is 2.34. The largest absolute Gasteiger partial charge is 0.493 e. The van der Waals surface area contributed by atoms with Crippen LogP contribution in [0.25, 0.3) is 10.9 Å². The second-order valence-corrected chi connectivity index (χ2v) is 9.84. The van der Waals surface area contributed by atoms with Gasteiger partial charge in [0.05, 0.1) is 35.6 Å². The third kappa shape index (κ3) is 6.03. The van der Waals surface area contributed by atoms with E-state index in [-0.39, 0.29) is 6.10 Å². The Morgan fingerprint density at radius 3 is 2.54 bits per heavy atom. The minimum Gasteiger partial charge on any atom is -0.493 e. The Kier molecular flexibility index (Phi) is 7.58. The summed E-state index contributed by atoms with van der Waals surface area (Å²) in [5, 5.41) is 8.11. The lowest BCUT2D eigenvalue weighted by molar-refractivity contribution is 0.108. The van der Waals surface area contributed by atoms with Crippen molar-refractivity contribution in [2.75, 3.05) is 31.8 Å². The van der Waals surface area contributed by atoms with Crippen LogP contribution in [0.15, 0.2) is 60.9 Å². The molecule has 0 spiro atoms. The van der Waals surface area contributed by atoms with Crippen LogP contribution in [-0.4, -0.2) is 53.2 Å². The van der Waals surface area contributed by atoms with E-state index in [9.17, 15) is 0 Å². The van der Waals surface area contributed by atoms with Gasteiger partial charge in [0.2, 0.25) is 5.95 Å². The van der Waals surface area contributed by atoms with Crippen LogP contribution < -0.4 is 20.1 Å². The molecule has 2 N–H and O–H groups in total. The summed E-state index contributed by atoms with van der Waals surface area (Å²) in [4.78, 5) is 15.7. The number of hydrogen-bond acceptors (Lipinski definition) is 8. The van der Waals surface area contributed by atoms with Crippen LogP contribution in [0, 0.1) is 0 Å². The molecule has 192 valence electrons. The Hall–Kier alpha value is -3.62. The zero-order chi connectivity index (χ0) is 25.8. The van der Waals surface area contributed by atoms with Gasteiger partial charge in [-0.15, -0.1) is 0 Å². The average Bonchev–Trinajstić information content (AvgIpc) is 2.90. The van der Waals surface area contributed by atoms with Crippen molar-refractivity contribution in [2.45, 2.75) is 37.8 Å². The van der Waals surface area contributed by atoms with Gasteiger partial charge in [0.15, 0.2) is 11.5 Å². The number of halogens is 1. The fraction of sp³-hybridized carbons (Fsp3) is 0.321. The molecule has 0 bridgehead atoms. The zero-order valence-electron chi connectivity index (χ0n) is 21.2. The average molecular weight is 519 g/mol. The number of hydrogen-bond donors (Lipinski definition) is 2. The van der Waals surface area contributed by atoms with Crippen LogP contribution in [0.5, 0.6) is 11.5 Å². The third-order valence-corrected chi connectivity index (χ3v) is 6.98. The first-order valence-corrected chi connectivity index (χ1v) is 12.8. The second-order valence-electron chi connectivity index (χ2n) is 9.43. The summed E-state index contributed by atoms with van der Waals surface area (Å²) >= 11 is 6.23. The Labute approximate surface area is 222 Å². The molecule has 9 heteroatoms. The molecule has 2 heterocycles. The van der Waals surface area contributed by atoms with E-state index in [1.807, 2.05) is 42.5 Å². The topological polar surface area (TPSA) is 84.4 Å². The Bertz CT molecular complexity index is 1370. The lowest BCUT2D eigenvalue weighted by atomic mass is 9.92. The summed E-state index contributed by atoms with van der Waals surface area (Å²) in [6.07, 6.45) is 8.01. The molecule has 0 saturated heterocycles. The molecule has 0 unspecified atom stereocenters. The minimum atomic E-state index is 0.204. The van der Waals surface area contributed by atoms with E-state index in [0.29, 0.717) is 28.6 Å². The van der Waals surface area contributed by atoms with E-state index in [4.69, 9.17) is 21.1 Å². The number of nitrogens with one attached hydrogen (secondary N) is 2. The quantitative estimate of drug-likeness (QED) is 0.276. The van der Waals surface area contributed by atoms with E-state index in [2.05, 4.69) is 44.6 Å². The number of methoxy groups -OCH3 is 1. The molecule has 0 aliphatic heterocycles. The maximum atomic E-state index is 6.31. The highest BCUT2D eigenvalue weighted by molar-refractivity contribution is 6.35. The molecule has 0 radical (unpaired) electrons. The van der Waals surface area contributed by atoms with Gasteiger partial charge in [-0.3, -0.25) is 4.98 Å². The summed E-state index contributed by atoms with van der Waals surface area (Å²) in [6.45, 7) is 0. The Morgan fingerprint density at radius 2 is 1.76 bits per heavy atom. The standard InChI is InChI=1S/C28H31ClN6O2/c1-35(2)21-8-10-22(11-9-21)37-24-12-7-19(16-25(24)36-3)33-28-30-14-13-26(34-28)32-20-15-18-5-4-6-23(29)27(18)31-17-20/h4-7,12-17,21-22H,8-11H2,1-3H3,(H2,30,32,33,34). The maximum absolute atomic E-state index is 6.31. The van der Waals surface area contributed by atoms with Gasteiger partial charge >= 0.3 is 0 Å². The lowest BCUT2D eigenvalue weighted by Crippen LogP contribution is -2.35. The van der Waals surface area contributed by atoms with Crippen LogP contribution in [0.4, 0.5) is 23.1 Å². The highest BCUT2D eigenvalue weighted by atomic mass is 35.5. The number of ether oxygens (including phenoxy) is 2. The number of aromatic nitrogens is 3. The smallest absolute Gasteiger partial charge is 0.229 e. The van der Waals surface area contributed by atoms with Crippen LogP contribution in [-0.2, 0) is 0 Å². The summed E-state index contributed by atoms with van der Waals surface area (Å²) in [7, 11) is 5.95. The van der Waals surface area contributed by atoms with Gasteiger partial charge in [-0.25, -0.2) is 4.98 Å². The van der Waals surface area contributed by atoms with Gasteiger partial charge in [-0.05, 0) is 70.1 Å². The van der Waals surface area contributed by atoms with Crippen LogP contribution >= 0.6 is 11.6 Å². The summed E-state index contributed by atoms with van der Waals surface area (Å²) < 4.78 is 11.9. The van der Waals surface area contributed by atoms with Crippen molar-refractivity contribution >= 4 is 45.6 Å². The summed E-state index contributed by atoms with van der Waals surface area (Å²) in [6, 6.07) is 15.9. The minimum absolute atomic E-state index is 0.204. The first-order chi connectivity index (χ1) is 18.0. The van der Waals surface area contributed by atoms with Gasteiger partial charge in [0.1, 0.15) is 5.82 Å². The maximum Gasteiger partial charge on any atom is 0.229 e. The monoisotopic (exact) mass is 518 g/mol. The van der Waals surface area contributed by atoms with E-state index >= 15 is 0 Å². The van der Waals surface area contributed by atoms with Gasteiger partial charge < -0.3 is 25.0 Å². The molecule has 5 rings (SSSR count). The van der Waals surface area contributed by atoms with Gasteiger partial charge in [-0.2, -0.15) is 4.98 Å². The molecule has 0 amide bonds. The fourth-order valence-electron chi connectivity index (χ4n) is 4.66. The number of pyridine rings is 1. The first-order valence-electron chi connectivity index (χ1n) is 12.4. The van der Waals surface area contributed by atoms with Crippen molar-refractivity contribution in [3.63, 3.8) is 0 Å². The van der Waals surface area contributed by atoms with Crippen molar-refractivity contribution in [3.8, 4) is 11.5 Å². The molecule has 4 aromatic rings. The predicted molar refractivity (Wildman–Crippen MR) is 149 cm³/mol. The molecule has 0 atom stereocenters. The highest BCUT2D eigenvalue weighted by Gasteiger charge is 2.24. The van der Waals surface area contributed by atoms with Crippen molar-refractivity contribution in [1.82, 2.24) is 19.9 Å². The van der Waals surface area contributed by atoms with Crippen molar-refractivity contribution < 1.29 is 9.47 Å². The molecule has 2 aromatic carbocycles. The number of anilines is 4. The molecule has 1 aliphatic rings. The number of nitrogens with zero attached hydrogens (tertiary/aromatic N) is 4. The third-order valence-electron chi connectivity index (χ3n) is 6.68. The predicted octanol–water partition coefficient (Wildman–Crippen LogP) is 6.43. The molecule has 8 nitrogen and oxygen atoms in total. The van der Waals surface area contributed by atoms with Crippen LogP contribution in [0.2, 0.25) is 5.02 Å². The van der Waals surface area contributed by atoms with Crippen LogP contribution in [0.1, 0.15) is 25.7 Å². The van der Waals surface area contributed by atoms with E-state index in [1.54, 1.807) is 25.6 Å². The molecule has 1 aliphatic carbocycles. The van der Waals surface area contributed by atoms with E-state index in [0.717, 1.165) is 53.7 Å². The summed E-state index contributed by atoms with van der Waals surface area (Å²) in [5.41, 5.74) is 2.38. The molecule has 37 heavy (non-hydrogen) atoms. The Morgan fingerprint density at radius 1 is 0.919 bits per heavy atom. The molecule has 1 saturated carbocycles. The number of para-hydroxylation sites is 1. The van der Waals surface area contributed by atoms with Crippen LogP contribution in [0.3, 0.4) is 0 Å².